The SMILES string of the molecule is C(=C\c1ccccc1)/CN1CCN(CCCC(c2ccccc2)c2ccccc2)CC1. The Labute approximate surface area is 187 Å². The van der Waals surface area contributed by atoms with E-state index < -0.39 is 0 Å². The van der Waals surface area contributed by atoms with Crippen molar-refractivity contribution in [2.75, 3.05) is 39.3 Å². The van der Waals surface area contributed by atoms with Gasteiger partial charge in [0.05, 0.1) is 0 Å². The Morgan fingerprint density at radius 1 is 0.645 bits per heavy atom. The van der Waals surface area contributed by atoms with Crippen LogP contribution >= 0.6 is 0 Å². The van der Waals surface area contributed by atoms with E-state index in [1.807, 2.05) is 0 Å². The number of nitrogens with zero attached hydrogens (tertiary/aromatic N) is 2. The summed E-state index contributed by atoms with van der Waals surface area (Å²) in [6.45, 7) is 6.94. The van der Waals surface area contributed by atoms with E-state index in [9.17, 15) is 0 Å². The van der Waals surface area contributed by atoms with E-state index in [0.29, 0.717) is 5.92 Å². The van der Waals surface area contributed by atoms with Gasteiger partial charge in [0.2, 0.25) is 0 Å². The van der Waals surface area contributed by atoms with Gasteiger partial charge in [-0.05, 0) is 36.1 Å². The van der Waals surface area contributed by atoms with Gasteiger partial charge in [0.25, 0.3) is 0 Å². The maximum Gasteiger partial charge on any atom is 0.0167 e. The van der Waals surface area contributed by atoms with Crippen LogP contribution in [0.4, 0.5) is 0 Å². The lowest BCUT2D eigenvalue weighted by molar-refractivity contribution is 0.140. The van der Waals surface area contributed by atoms with E-state index in [2.05, 4.69) is 113 Å². The van der Waals surface area contributed by atoms with E-state index in [1.165, 1.54) is 62.3 Å². The second-order valence-electron chi connectivity index (χ2n) is 8.47. The van der Waals surface area contributed by atoms with Crippen LogP contribution in [0.25, 0.3) is 6.08 Å². The topological polar surface area (TPSA) is 6.48 Å². The number of piperazine rings is 1. The quantitative estimate of drug-likeness (QED) is 0.431. The fourth-order valence-corrected chi connectivity index (χ4v) is 4.51. The Kier molecular flexibility index (Phi) is 8.09. The molecule has 2 nitrogen and oxygen atoms in total. The van der Waals surface area contributed by atoms with Gasteiger partial charge in [-0.15, -0.1) is 0 Å². The normalized spacial score (nSPS) is 15.6. The molecule has 160 valence electrons. The summed E-state index contributed by atoms with van der Waals surface area (Å²) in [6.07, 6.45) is 6.98. The summed E-state index contributed by atoms with van der Waals surface area (Å²) < 4.78 is 0. The summed E-state index contributed by atoms with van der Waals surface area (Å²) in [4.78, 5) is 5.21. The largest absolute Gasteiger partial charge is 0.301 e. The Balaban J connectivity index is 1.22. The smallest absolute Gasteiger partial charge is 0.0167 e. The van der Waals surface area contributed by atoms with Crippen LogP contribution in [0, 0.1) is 0 Å². The summed E-state index contributed by atoms with van der Waals surface area (Å²) in [6, 6.07) is 32.6. The molecular weight excluding hydrogens is 376 g/mol. The van der Waals surface area contributed by atoms with Gasteiger partial charge < -0.3 is 4.90 Å². The Hall–Kier alpha value is -2.68. The first kappa shape index (κ1) is 21.5. The number of benzene rings is 3. The molecule has 0 saturated carbocycles. The van der Waals surface area contributed by atoms with E-state index in [-0.39, 0.29) is 0 Å². The highest BCUT2D eigenvalue weighted by Crippen LogP contribution is 2.29. The molecule has 3 aromatic carbocycles. The second kappa shape index (κ2) is 11.6. The molecule has 0 atom stereocenters. The first-order valence-corrected chi connectivity index (χ1v) is 11.6. The molecule has 0 radical (unpaired) electrons. The summed E-state index contributed by atoms with van der Waals surface area (Å²) in [5.41, 5.74) is 4.15. The van der Waals surface area contributed by atoms with Gasteiger partial charge in [-0.1, -0.05) is 103 Å². The first-order valence-electron chi connectivity index (χ1n) is 11.6. The van der Waals surface area contributed by atoms with E-state index in [0.717, 1.165) is 6.54 Å². The highest BCUT2D eigenvalue weighted by atomic mass is 15.3. The lowest BCUT2D eigenvalue weighted by Gasteiger charge is -2.34. The van der Waals surface area contributed by atoms with Gasteiger partial charge >= 0.3 is 0 Å². The predicted molar refractivity (Wildman–Crippen MR) is 132 cm³/mol. The average molecular weight is 411 g/mol. The minimum Gasteiger partial charge on any atom is -0.301 e. The van der Waals surface area contributed by atoms with Crippen LogP contribution in [-0.4, -0.2) is 49.1 Å². The van der Waals surface area contributed by atoms with Crippen LogP contribution in [0.1, 0.15) is 35.4 Å². The fraction of sp³-hybridized carbons (Fsp3) is 0.310. The Bertz CT molecular complexity index is 858. The van der Waals surface area contributed by atoms with Gasteiger partial charge in [-0.2, -0.15) is 0 Å². The van der Waals surface area contributed by atoms with Crippen LogP contribution in [0.15, 0.2) is 97.1 Å². The van der Waals surface area contributed by atoms with Crippen molar-refractivity contribution < 1.29 is 0 Å². The molecule has 1 heterocycles. The highest BCUT2D eigenvalue weighted by Gasteiger charge is 2.17. The molecule has 0 aromatic heterocycles. The summed E-state index contributed by atoms with van der Waals surface area (Å²) in [5, 5.41) is 0. The van der Waals surface area contributed by atoms with E-state index in [4.69, 9.17) is 0 Å². The zero-order valence-electron chi connectivity index (χ0n) is 18.4. The molecule has 2 heteroatoms. The van der Waals surface area contributed by atoms with Crippen molar-refractivity contribution in [3.05, 3.63) is 114 Å². The Morgan fingerprint density at radius 2 is 1.16 bits per heavy atom. The zero-order chi connectivity index (χ0) is 21.1. The predicted octanol–water partition coefficient (Wildman–Crippen LogP) is 5.93. The van der Waals surface area contributed by atoms with Crippen molar-refractivity contribution in [2.24, 2.45) is 0 Å². The van der Waals surface area contributed by atoms with Crippen molar-refractivity contribution in [3.63, 3.8) is 0 Å². The van der Waals surface area contributed by atoms with Gasteiger partial charge in [-0.3, -0.25) is 4.90 Å². The first-order chi connectivity index (χ1) is 15.4. The van der Waals surface area contributed by atoms with Crippen LogP contribution in [0.3, 0.4) is 0 Å². The average Bonchev–Trinajstić information content (AvgIpc) is 2.85. The lowest BCUT2D eigenvalue weighted by Crippen LogP contribution is -2.46. The molecule has 0 N–H and O–H groups in total. The molecule has 1 aliphatic heterocycles. The molecule has 3 aromatic rings. The van der Waals surface area contributed by atoms with Gasteiger partial charge in [0.15, 0.2) is 0 Å². The molecule has 0 spiro atoms. The fourth-order valence-electron chi connectivity index (χ4n) is 4.51. The molecule has 0 bridgehead atoms. The van der Waals surface area contributed by atoms with Crippen molar-refractivity contribution in [1.82, 2.24) is 9.80 Å². The van der Waals surface area contributed by atoms with Crippen LogP contribution in [-0.2, 0) is 0 Å². The zero-order valence-corrected chi connectivity index (χ0v) is 18.4. The van der Waals surface area contributed by atoms with Gasteiger partial charge in [0.1, 0.15) is 0 Å². The third-order valence-corrected chi connectivity index (χ3v) is 6.31. The maximum atomic E-state index is 2.64. The van der Waals surface area contributed by atoms with Crippen molar-refractivity contribution >= 4 is 6.08 Å². The van der Waals surface area contributed by atoms with Crippen molar-refractivity contribution in [1.29, 1.82) is 0 Å². The summed E-state index contributed by atoms with van der Waals surface area (Å²) >= 11 is 0. The van der Waals surface area contributed by atoms with Gasteiger partial charge in [0, 0.05) is 38.6 Å². The summed E-state index contributed by atoms with van der Waals surface area (Å²) in [7, 11) is 0. The molecule has 4 rings (SSSR count). The number of hydrogen-bond acceptors (Lipinski definition) is 2. The molecule has 0 unspecified atom stereocenters. The molecular formula is C29H34N2. The van der Waals surface area contributed by atoms with Crippen LogP contribution in [0.2, 0.25) is 0 Å². The minimum atomic E-state index is 0.492. The van der Waals surface area contributed by atoms with E-state index >= 15 is 0 Å². The van der Waals surface area contributed by atoms with Crippen molar-refractivity contribution in [3.8, 4) is 0 Å². The lowest BCUT2D eigenvalue weighted by atomic mass is 9.87. The molecule has 31 heavy (non-hydrogen) atoms. The minimum absolute atomic E-state index is 0.492. The Morgan fingerprint density at radius 3 is 1.74 bits per heavy atom. The van der Waals surface area contributed by atoms with Crippen molar-refractivity contribution in [2.45, 2.75) is 18.8 Å². The van der Waals surface area contributed by atoms with Crippen LogP contribution < -0.4 is 0 Å². The third-order valence-electron chi connectivity index (χ3n) is 6.31. The maximum absolute atomic E-state index is 2.64. The molecule has 1 aliphatic rings. The van der Waals surface area contributed by atoms with E-state index in [1.54, 1.807) is 0 Å². The highest BCUT2D eigenvalue weighted by molar-refractivity contribution is 5.48. The molecule has 0 amide bonds. The standard InChI is InChI=1S/C29H34N2/c1-4-12-26(13-5-1)14-10-20-30-22-24-31(25-23-30)21-11-19-29(27-15-6-2-7-16-27)28-17-8-3-9-18-28/h1-10,12-18,29H,11,19-25H2/b14-10+. The second-order valence-corrected chi connectivity index (χ2v) is 8.47. The number of rotatable bonds is 9. The third kappa shape index (κ3) is 6.65. The monoisotopic (exact) mass is 410 g/mol. The van der Waals surface area contributed by atoms with Crippen LogP contribution in [0.5, 0.6) is 0 Å². The summed E-state index contributed by atoms with van der Waals surface area (Å²) in [5.74, 6) is 0.492. The molecule has 0 aliphatic carbocycles. The molecule has 1 saturated heterocycles. The van der Waals surface area contributed by atoms with Gasteiger partial charge in [-0.25, -0.2) is 0 Å². The molecule has 1 fully saturated rings. The number of hydrogen-bond donors (Lipinski definition) is 0.